The van der Waals surface area contributed by atoms with Gasteiger partial charge >= 0.3 is 5.97 Å². The molecule has 0 radical (unpaired) electrons. The van der Waals surface area contributed by atoms with E-state index in [1.54, 1.807) is 31.2 Å². The van der Waals surface area contributed by atoms with Crippen LogP contribution in [0, 0.1) is 0 Å². The van der Waals surface area contributed by atoms with Gasteiger partial charge in [-0.15, -0.1) is 0 Å². The van der Waals surface area contributed by atoms with Gasteiger partial charge in [-0.2, -0.15) is 0 Å². The van der Waals surface area contributed by atoms with E-state index in [9.17, 15) is 9.59 Å². The van der Waals surface area contributed by atoms with Crippen molar-refractivity contribution in [1.82, 2.24) is 0 Å². The van der Waals surface area contributed by atoms with Crippen LogP contribution < -0.4 is 14.8 Å². The maximum Gasteiger partial charge on any atom is 0.339 e. The highest BCUT2D eigenvalue weighted by Crippen LogP contribution is 2.28. The second kappa shape index (κ2) is 9.83. The lowest BCUT2D eigenvalue weighted by Gasteiger charge is -2.19. The summed E-state index contributed by atoms with van der Waals surface area (Å²) in [7, 11) is 1.54. The van der Waals surface area contributed by atoms with Gasteiger partial charge in [-0.3, -0.25) is 4.79 Å². The lowest BCUT2D eigenvalue weighted by Crippen LogP contribution is -2.32. The molecule has 6 nitrogen and oxygen atoms in total. The van der Waals surface area contributed by atoms with Gasteiger partial charge in [0.25, 0.3) is 5.91 Å². The number of ether oxygens (including phenoxy) is 3. The normalized spacial score (nSPS) is 11.4. The number of benzene rings is 2. The number of carbonyl (C=O) groups excluding carboxylic acids is 2. The molecule has 0 aliphatic heterocycles. The van der Waals surface area contributed by atoms with Gasteiger partial charge in [0.1, 0.15) is 0 Å². The number of anilines is 1. The molecule has 0 aromatic heterocycles. The van der Waals surface area contributed by atoms with Crippen LogP contribution >= 0.6 is 11.6 Å². The van der Waals surface area contributed by atoms with Crippen LogP contribution in [0.3, 0.4) is 0 Å². The zero-order valence-corrected chi connectivity index (χ0v) is 16.2. The van der Waals surface area contributed by atoms with Gasteiger partial charge in [-0.05, 0) is 43.7 Å². The molecule has 2 aromatic rings. The van der Waals surface area contributed by atoms with Gasteiger partial charge < -0.3 is 19.5 Å². The van der Waals surface area contributed by atoms with Gasteiger partial charge in [0, 0.05) is 5.69 Å². The van der Waals surface area contributed by atoms with Crippen LogP contribution in [0.4, 0.5) is 5.69 Å². The van der Waals surface area contributed by atoms with E-state index in [1.807, 2.05) is 13.0 Å². The van der Waals surface area contributed by atoms with Crippen molar-refractivity contribution in [2.24, 2.45) is 0 Å². The Hall–Kier alpha value is -2.73. The van der Waals surface area contributed by atoms with Crippen LogP contribution in [0.5, 0.6) is 11.5 Å². The molecular weight excluding hydrogens is 370 g/mol. The molecule has 1 amide bonds. The molecule has 0 bridgehead atoms. The molecule has 144 valence electrons. The molecule has 0 unspecified atom stereocenters. The molecule has 2 rings (SSSR count). The smallest absolute Gasteiger partial charge is 0.339 e. The number of para-hydroxylation sites is 2. The second-order valence-corrected chi connectivity index (χ2v) is 5.98. The summed E-state index contributed by atoms with van der Waals surface area (Å²) < 4.78 is 16.0. The zero-order valence-electron chi connectivity index (χ0n) is 15.5. The Kier molecular flexibility index (Phi) is 7.49. The fourth-order valence-electron chi connectivity index (χ4n) is 2.38. The van der Waals surface area contributed by atoms with Crippen molar-refractivity contribution in [3.63, 3.8) is 0 Å². The maximum absolute atomic E-state index is 12.6. The average molecular weight is 392 g/mol. The SMILES string of the molecule is CCOC(=O)c1ccc(NC(=O)[C@@H](CC)Oc2ccccc2OC)cc1Cl. The van der Waals surface area contributed by atoms with Crippen molar-refractivity contribution < 1.29 is 23.8 Å². The lowest BCUT2D eigenvalue weighted by molar-refractivity contribution is -0.122. The highest BCUT2D eigenvalue weighted by Gasteiger charge is 2.21. The molecule has 0 spiro atoms. The van der Waals surface area contributed by atoms with Crippen molar-refractivity contribution in [3.05, 3.63) is 53.1 Å². The van der Waals surface area contributed by atoms with Crippen molar-refractivity contribution in [3.8, 4) is 11.5 Å². The second-order valence-electron chi connectivity index (χ2n) is 5.57. The first-order chi connectivity index (χ1) is 13.0. The summed E-state index contributed by atoms with van der Waals surface area (Å²) in [6.45, 7) is 3.82. The molecule has 0 fully saturated rings. The predicted octanol–water partition coefficient (Wildman–Crippen LogP) is 4.32. The molecule has 1 N–H and O–H groups in total. The van der Waals surface area contributed by atoms with E-state index in [1.165, 1.54) is 19.2 Å². The Balaban J connectivity index is 2.10. The van der Waals surface area contributed by atoms with Crippen LogP contribution in [-0.2, 0) is 9.53 Å². The summed E-state index contributed by atoms with van der Waals surface area (Å²) in [5, 5.41) is 2.95. The molecule has 0 saturated carbocycles. The first-order valence-electron chi connectivity index (χ1n) is 8.57. The summed E-state index contributed by atoms with van der Waals surface area (Å²) in [6.07, 6.45) is -0.261. The monoisotopic (exact) mass is 391 g/mol. The van der Waals surface area contributed by atoms with E-state index in [4.69, 9.17) is 25.8 Å². The third kappa shape index (κ3) is 5.37. The number of amides is 1. The van der Waals surface area contributed by atoms with Crippen LogP contribution in [0.1, 0.15) is 30.6 Å². The van der Waals surface area contributed by atoms with Gasteiger partial charge in [-0.1, -0.05) is 30.7 Å². The van der Waals surface area contributed by atoms with Crippen molar-refractivity contribution in [2.45, 2.75) is 26.4 Å². The third-order valence-corrected chi connectivity index (χ3v) is 4.05. The average Bonchev–Trinajstić information content (AvgIpc) is 2.66. The highest BCUT2D eigenvalue weighted by molar-refractivity contribution is 6.34. The van der Waals surface area contributed by atoms with Gasteiger partial charge in [0.05, 0.1) is 24.3 Å². The van der Waals surface area contributed by atoms with Gasteiger partial charge in [-0.25, -0.2) is 4.79 Å². The summed E-state index contributed by atoms with van der Waals surface area (Å²) in [4.78, 5) is 24.4. The van der Waals surface area contributed by atoms with E-state index >= 15 is 0 Å². The minimum absolute atomic E-state index is 0.199. The number of halogens is 1. The number of hydrogen-bond donors (Lipinski definition) is 1. The largest absolute Gasteiger partial charge is 0.493 e. The Bertz CT molecular complexity index is 809. The standard InChI is InChI=1S/C20H22ClNO5/c1-4-16(27-18-9-7-6-8-17(18)25-3)19(23)22-13-10-11-14(15(21)12-13)20(24)26-5-2/h6-12,16H,4-5H2,1-3H3,(H,22,23)/t16-/m1/s1. The first-order valence-corrected chi connectivity index (χ1v) is 8.95. The zero-order chi connectivity index (χ0) is 19.8. The number of methoxy groups -OCH3 is 1. The molecule has 2 aromatic carbocycles. The van der Waals surface area contributed by atoms with Crippen molar-refractivity contribution in [1.29, 1.82) is 0 Å². The molecule has 7 heteroatoms. The summed E-state index contributed by atoms with van der Waals surface area (Å²) in [5.41, 5.74) is 0.703. The Morgan fingerprint density at radius 1 is 1.11 bits per heavy atom. The van der Waals surface area contributed by atoms with E-state index in [2.05, 4.69) is 5.32 Å². The van der Waals surface area contributed by atoms with Crippen molar-refractivity contribution in [2.75, 3.05) is 19.0 Å². The highest BCUT2D eigenvalue weighted by atomic mass is 35.5. The summed E-state index contributed by atoms with van der Waals surface area (Å²) in [5.74, 6) is 0.193. The van der Waals surface area contributed by atoms with Gasteiger partial charge in [0.2, 0.25) is 0 Å². The summed E-state index contributed by atoms with van der Waals surface area (Å²) in [6, 6.07) is 11.7. The molecule has 0 aliphatic rings. The van der Waals surface area contributed by atoms with E-state index in [-0.39, 0.29) is 23.1 Å². The number of carbonyl (C=O) groups is 2. The Labute approximate surface area is 163 Å². The van der Waals surface area contributed by atoms with E-state index in [0.717, 1.165) is 0 Å². The van der Waals surface area contributed by atoms with Crippen LogP contribution in [0.15, 0.2) is 42.5 Å². The number of rotatable bonds is 8. The first kappa shape index (κ1) is 20.6. The molecule has 1 atom stereocenters. The summed E-state index contributed by atoms with van der Waals surface area (Å²) >= 11 is 6.13. The van der Waals surface area contributed by atoms with Crippen LogP contribution in [0.25, 0.3) is 0 Å². The van der Waals surface area contributed by atoms with Crippen LogP contribution in [-0.4, -0.2) is 31.7 Å². The molecule has 27 heavy (non-hydrogen) atoms. The van der Waals surface area contributed by atoms with Gasteiger partial charge in [0.15, 0.2) is 17.6 Å². The Morgan fingerprint density at radius 3 is 2.41 bits per heavy atom. The van der Waals surface area contributed by atoms with E-state index < -0.39 is 12.1 Å². The fourth-order valence-corrected chi connectivity index (χ4v) is 2.64. The molecular formula is C20H22ClNO5. The van der Waals surface area contributed by atoms with Crippen LogP contribution in [0.2, 0.25) is 5.02 Å². The van der Waals surface area contributed by atoms with E-state index in [0.29, 0.717) is 23.6 Å². The quantitative estimate of drug-likeness (QED) is 0.678. The topological polar surface area (TPSA) is 73.9 Å². The minimum Gasteiger partial charge on any atom is -0.493 e. The third-order valence-electron chi connectivity index (χ3n) is 3.73. The lowest BCUT2D eigenvalue weighted by atomic mass is 10.2. The minimum atomic E-state index is -0.718. The predicted molar refractivity (Wildman–Crippen MR) is 104 cm³/mol. The fraction of sp³-hybridized carbons (Fsp3) is 0.300. The number of hydrogen-bond acceptors (Lipinski definition) is 5. The molecule has 0 heterocycles. The Morgan fingerprint density at radius 2 is 1.81 bits per heavy atom. The number of nitrogens with one attached hydrogen (secondary N) is 1. The molecule has 0 aliphatic carbocycles. The van der Waals surface area contributed by atoms with Crippen molar-refractivity contribution >= 4 is 29.2 Å². The maximum atomic E-state index is 12.6. The number of esters is 1. The molecule has 0 saturated heterocycles.